The first kappa shape index (κ1) is 30.7. The number of aromatic nitrogens is 3. The lowest BCUT2D eigenvalue weighted by molar-refractivity contribution is 1.15. The Kier molecular flexibility index (Phi) is 6.61. The topological polar surface area (TPSA) is 62.4 Å². The van der Waals surface area contributed by atoms with Crippen LogP contribution in [0.4, 0.5) is 0 Å². The minimum Gasteiger partial charge on any atom is -0.309 e. The van der Waals surface area contributed by atoms with Gasteiger partial charge in [0.1, 0.15) is 0 Å². The van der Waals surface area contributed by atoms with E-state index < -0.39 is 0 Å². The van der Waals surface area contributed by atoms with Gasteiger partial charge < -0.3 is 13.7 Å². The molecule has 0 amide bonds. The number of hydrogen-bond donors (Lipinski definition) is 0. The summed E-state index contributed by atoms with van der Waals surface area (Å²) in [6.07, 6.45) is 0. The number of nitriles is 2. The van der Waals surface area contributed by atoms with Crippen LogP contribution in [0, 0.1) is 22.7 Å². The average Bonchev–Trinajstić information content (AvgIpc) is 3.89. The van der Waals surface area contributed by atoms with E-state index in [1.54, 1.807) is 0 Å². The fraction of sp³-hybridized carbons (Fsp3) is 0. The third kappa shape index (κ3) is 4.33. The van der Waals surface area contributed by atoms with Crippen molar-refractivity contribution in [2.75, 3.05) is 0 Å². The molecule has 0 aliphatic heterocycles. The first-order chi connectivity index (χ1) is 27.2. The van der Waals surface area contributed by atoms with E-state index in [0.717, 1.165) is 71.8 Å². The molecule has 11 rings (SSSR count). The van der Waals surface area contributed by atoms with Crippen molar-refractivity contribution in [3.8, 4) is 40.3 Å². The third-order valence-corrected chi connectivity index (χ3v) is 11.1. The first-order valence-corrected chi connectivity index (χ1v) is 18.3. The van der Waals surface area contributed by atoms with Crippen LogP contribution in [0.1, 0.15) is 11.1 Å². The van der Waals surface area contributed by atoms with Crippen molar-refractivity contribution in [2.24, 2.45) is 0 Å². The number of rotatable bonds is 4. The maximum atomic E-state index is 10.7. The Hall–Kier alpha value is -7.86. The standard InChI is InChI=1S/C50H29N5/c51-30-32-13-11-25-47(55-45-24-10-5-19-39(45)50-33(31-52)14-12-26-48(50)55)49(32)38-18-4-9-23-44(38)54-43-22-8-3-17-37(43)40-29-34(27-28-46(40)54)53-41-20-6-1-15-35(41)36-16-2-7-21-42(36)53/h1-29H. The van der Waals surface area contributed by atoms with Crippen LogP contribution in [0.3, 0.4) is 0 Å². The molecular formula is C50H29N5. The molecule has 5 heteroatoms. The van der Waals surface area contributed by atoms with Gasteiger partial charge in [-0.15, -0.1) is 0 Å². The van der Waals surface area contributed by atoms with E-state index in [4.69, 9.17) is 0 Å². The van der Waals surface area contributed by atoms with E-state index in [2.05, 4.69) is 159 Å². The smallest absolute Gasteiger partial charge is 0.0998 e. The zero-order valence-electron chi connectivity index (χ0n) is 29.5. The summed E-state index contributed by atoms with van der Waals surface area (Å²) in [7, 11) is 0. The van der Waals surface area contributed by atoms with Crippen LogP contribution in [0.5, 0.6) is 0 Å². The summed E-state index contributed by atoms with van der Waals surface area (Å²) in [6.45, 7) is 0. The highest BCUT2D eigenvalue weighted by Gasteiger charge is 2.23. The van der Waals surface area contributed by atoms with Gasteiger partial charge in [-0.2, -0.15) is 10.5 Å². The molecule has 0 bridgehead atoms. The zero-order valence-corrected chi connectivity index (χ0v) is 29.5. The largest absolute Gasteiger partial charge is 0.309 e. The lowest BCUT2D eigenvalue weighted by Gasteiger charge is -2.19. The van der Waals surface area contributed by atoms with E-state index >= 15 is 0 Å². The van der Waals surface area contributed by atoms with E-state index in [9.17, 15) is 10.5 Å². The van der Waals surface area contributed by atoms with Gasteiger partial charge in [0.05, 0.1) is 67.7 Å². The second-order valence-electron chi connectivity index (χ2n) is 13.9. The SMILES string of the molecule is N#Cc1cccc(-n2c3ccccc3c3c(C#N)cccc32)c1-c1ccccc1-n1c2ccccc2c2cc(-n3c4ccccc4c4ccccc43)ccc21. The van der Waals surface area contributed by atoms with Crippen LogP contribution >= 0.6 is 0 Å². The average molecular weight is 700 g/mol. The molecule has 0 spiro atoms. The second-order valence-corrected chi connectivity index (χ2v) is 13.9. The maximum absolute atomic E-state index is 10.7. The van der Waals surface area contributed by atoms with Gasteiger partial charge in [0, 0.05) is 49.1 Å². The lowest BCUT2D eigenvalue weighted by Crippen LogP contribution is -2.03. The molecule has 3 heterocycles. The highest BCUT2D eigenvalue weighted by molar-refractivity contribution is 6.14. The summed E-state index contributed by atoms with van der Waals surface area (Å²) in [5.74, 6) is 0. The summed E-state index contributed by atoms with van der Waals surface area (Å²) in [6, 6.07) is 65.9. The molecule has 0 N–H and O–H groups in total. The molecule has 5 nitrogen and oxygen atoms in total. The molecule has 8 aromatic carbocycles. The van der Waals surface area contributed by atoms with Gasteiger partial charge in [-0.05, 0) is 72.8 Å². The maximum Gasteiger partial charge on any atom is 0.0998 e. The fourth-order valence-corrected chi connectivity index (χ4v) is 8.91. The van der Waals surface area contributed by atoms with E-state index in [0.29, 0.717) is 11.1 Å². The minimum atomic E-state index is 0.571. The summed E-state index contributed by atoms with van der Waals surface area (Å²) in [5, 5.41) is 27.6. The van der Waals surface area contributed by atoms with Crippen molar-refractivity contribution >= 4 is 65.4 Å². The van der Waals surface area contributed by atoms with Crippen LogP contribution in [0.2, 0.25) is 0 Å². The molecule has 0 fully saturated rings. The Bertz CT molecular complexity index is 3420. The summed E-state index contributed by atoms with van der Waals surface area (Å²) >= 11 is 0. The van der Waals surface area contributed by atoms with Crippen molar-refractivity contribution < 1.29 is 0 Å². The number of benzene rings is 8. The molecule has 0 aliphatic carbocycles. The quantitative estimate of drug-likeness (QED) is 0.184. The molecule has 0 aliphatic rings. The molecule has 0 unspecified atom stereocenters. The third-order valence-electron chi connectivity index (χ3n) is 11.1. The van der Waals surface area contributed by atoms with E-state index in [1.165, 1.54) is 21.8 Å². The van der Waals surface area contributed by atoms with Crippen molar-refractivity contribution in [3.63, 3.8) is 0 Å². The number of hydrogen-bond acceptors (Lipinski definition) is 2. The normalized spacial score (nSPS) is 11.6. The van der Waals surface area contributed by atoms with Crippen molar-refractivity contribution in [1.82, 2.24) is 13.7 Å². The van der Waals surface area contributed by atoms with Crippen LogP contribution in [0.25, 0.3) is 93.6 Å². The highest BCUT2D eigenvalue weighted by atomic mass is 15.0. The molecule has 0 saturated heterocycles. The highest BCUT2D eigenvalue weighted by Crippen LogP contribution is 2.43. The van der Waals surface area contributed by atoms with Gasteiger partial charge in [0.25, 0.3) is 0 Å². The molecule has 254 valence electrons. The Morgan fingerprint density at radius 3 is 1.51 bits per heavy atom. The molecule has 55 heavy (non-hydrogen) atoms. The fourth-order valence-electron chi connectivity index (χ4n) is 8.91. The number of nitrogens with zero attached hydrogens (tertiary/aromatic N) is 5. The predicted molar refractivity (Wildman–Crippen MR) is 224 cm³/mol. The van der Waals surface area contributed by atoms with Crippen LogP contribution in [0.15, 0.2) is 176 Å². The Balaban J connectivity index is 1.20. The lowest BCUT2D eigenvalue weighted by atomic mass is 9.96. The Morgan fingerprint density at radius 2 is 0.818 bits per heavy atom. The van der Waals surface area contributed by atoms with Gasteiger partial charge in [-0.25, -0.2) is 0 Å². The zero-order chi connectivity index (χ0) is 36.6. The molecule has 11 aromatic rings. The first-order valence-electron chi connectivity index (χ1n) is 18.3. The number of fused-ring (bicyclic) bond motifs is 9. The van der Waals surface area contributed by atoms with Gasteiger partial charge in [-0.3, -0.25) is 0 Å². The van der Waals surface area contributed by atoms with Crippen LogP contribution in [-0.4, -0.2) is 13.7 Å². The Labute approximate surface area is 316 Å². The molecule has 0 atom stereocenters. The van der Waals surface area contributed by atoms with Crippen LogP contribution in [-0.2, 0) is 0 Å². The molecule has 3 aromatic heterocycles. The predicted octanol–water partition coefficient (Wildman–Crippen LogP) is 12.4. The van der Waals surface area contributed by atoms with Gasteiger partial charge in [-0.1, -0.05) is 103 Å². The summed E-state index contributed by atoms with van der Waals surface area (Å²) in [4.78, 5) is 0. The summed E-state index contributed by atoms with van der Waals surface area (Å²) in [5.41, 5.74) is 12.3. The minimum absolute atomic E-state index is 0.571. The van der Waals surface area contributed by atoms with Gasteiger partial charge in [0.15, 0.2) is 0 Å². The van der Waals surface area contributed by atoms with Crippen molar-refractivity contribution in [1.29, 1.82) is 10.5 Å². The molecule has 0 radical (unpaired) electrons. The second kappa shape index (κ2) is 11.8. The molecule has 0 saturated carbocycles. The van der Waals surface area contributed by atoms with Gasteiger partial charge >= 0.3 is 0 Å². The summed E-state index contributed by atoms with van der Waals surface area (Å²) < 4.78 is 6.92. The monoisotopic (exact) mass is 699 g/mol. The van der Waals surface area contributed by atoms with E-state index in [-0.39, 0.29) is 0 Å². The van der Waals surface area contributed by atoms with E-state index in [1.807, 2.05) is 42.5 Å². The Morgan fingerprint density at radius 1 is 0.345 bits per heavy atom. The number of para-hydroxylation sites is 5. The van der Waals surface area contributed by atoms with Crippen molar-refractivity contribution in [3.05, 3.63) is 187 Å². The van der Waals surface area contributed by atoms with Crippen molar-refractivity contribution in [2.45, 2.75) is 0 Å². The van der Waals surface area contributed by atoms with Crippen LogP contribution < -0.4 is 0 Å². The van der Waals surface area contributed by atoms with Gasteiger partial charge in [0.2, 0.25) is 0 Å². The molecular weight excluding hydrogens is 671 g/mol.